The number of carbonyl (C=O) groups excluding carboxylic acids is 1. The Morgan fingerprint density at radius 2 is 2.07 bits per heavy atom. The molecule has 0 fully saturated rings. The third kappa shape index (κ3) is 2.45. The van der Waals surface area contributed by atoms with E-state index in [0.717, 1.165) is 12.1 Å². The number of rotatable bonds is 2. The highest BCUT2D eigenvalue weighted by Gasteiger charge is 2.09. The van der Waals surface area contributed by atoms with Gasteiger partial charge < -0.3 is 5.32 Å². The van der Waals surface area contributed by atoms with E-state index < -0.39 is 17.5 Å². The quantitative estimate of drug-likeness (QED) is 0.730. The largest absolute Gasteiger partial charge is 0.323 e. The molecule has 5 heteroatoms. The maximum absolute atomic E-state index is 13.1. The molecule has 14 heavy (non-hydrogen) atoms. The second-order valence-electron chi connectivity index (χ2n) is 2.79. The topological polar surface area (TPSA) is 29.1 Å². The molecule has 0 aliphatic carbocycles. The lowest BCUT2D eigenvalue weighted by atomic mass is 10.2. The molecule has 0 bridgehead atoms. The molecule has 0 heterocycles. The van der Waals surface area contributed by atoms with Gasteiger partial charge in [0.15, 0.2) is 0 Å². The molecule has 1 N–H and O–H groups in total. The summed E-state index contributed by atoms with van der Waals surface area (Å²) in [5.41, 5.74) is 0.0403. The highest BCUT2D eigenvalue weighted by molar-refractivity contribution is 7.81. The summed E-state index contributed by atoms with van der Waals surface area (Å²) in [5.74, 6) is -1.76. The standard InChI is InChI=1S/C9H9F2NOS/c1-5-2-7(11)8(3-6(5)10)12-9(13)4-14/h2-3,14H,4H2,1H3,(H,12,13). The molecule has 1 rings (SSSR count). The van der Waals surface area contributed by atoms with Gasteiger partial charge in [0.2, 0.25) is 5.91 Å². The van der Waals surface area contributed by atoms with Crippen LogP contribution >= 0.6 is 12.6 Å². The number of halogens is 2. The number of amides is 1. The van der Waals surface area contributed by atoms with Gasteiger partial charge in [0, 0.05) is 6.07 Å². The zero-order valence-electron chi connectivity index (χ0n) is 7.47. The van der Waals surface area contributed by atoms with E-state index in [2.05, 4.69) is 17.9 Å². The number of aryl methyl sites for hydroxylation is 1. The molecule has 1 aromatic rings. The van der Waals surface area contributed by atoms with E-state index in [9.17, 15) is 13.6 Å². The van der Waals surface area contributed by atoms with Crippen molar-refractivity contribution in [3.8, 4) is 0 Å². The molecule has 1 amide bonds. The monoisotopic (exact) mass is 217 g/mol. The number of carbonyl (C=O) groups is 1. The molecule has 0 aliphatic rings. The van der Waals surface area contributed by atoms with Gasteiger partial charge in [0.25, 0.3) is 0 Å². The van der Waals surface area contributed by atoms with Crippen LogP contribution in [0.3, 0.4) is 0 Å². The Balaban J connectivity index is 2.98. The first kappa shape index (κ1) is 11.0. The van der Waals surface area contributed by atoms with Gasteiger partial charge in [-0.15, -0.1) is 0 Å². The third-order valence-electron chi connectivity index (χ3n) is 1.67. The fraction of sp³-hybridized carbons (Fsp3) is 0.222. The van der Waals surface area contributed by atoms with E-state index >= 15 is 0 Å². The van der Waals surface area contributed by atoms with Crippen molar-refractivity contribution in [1.29, 1.82) is 0 Å². The van der Waals surface area contributed by atoms with Gasteiger partial charge in [-0.1, -0.05) is 0 Å². The van der Waals surface area contributed by atoms with Crippen molar-refractivity contribution in [2.24, 2.45) is 0 Å². The van der Waals surface area contributed by atoms with E-state index in [1.807, 2.05) is 0 Å². The third-order valence-corrected chi connectivity index (χ3v) is 1.95. The van der Waals surface area contributed by atoms with Crippen LogP contribution in [0.15, 0.2) is 12.1 Å². The summed E-state index contributed by atoms with van der Waals surface area (Å²) < 4.78 is 26.1. The average molecular weight is 217 g/mol. The van der Waals surface area contributed by atoms with Crippen LogP contribution < -0.4 is 5.32 Å². The van der Waals surface area contributed by atoms with Crippen LogP contribution in [0.2, 0.25) is 0 Å². The maximum Gasteiger partial charge on any atom is 0.234 e. The predicted octanol–water partition coefficient (Wildman–Crippen LogP) is 2.14. The van der Waals surface area contributed by atoms with Crippen LogP contribution in [0.25, 0.3) is 0 Å². The predicted molar refractivity (Wildman–Crippen MR) is 53.6 cm³/mol. The van der Waals surface area contributed by atoms with E-state index in [1.165, 1.54) is 6.92 Å². The van der Waals surface area contributed by atoms with Crippen LogP contribution in [0.5, 0.6) is 0 Å². The number of anilines is 1. The fourth-order valence-electron chi connectivity index (χ4n) is 0.932. The minimum Gasteiger partial charge on any atom is -0.323 e. The molecule has 0 atom stereocenters. The Labute approximate surface area is 85.7 Å². The SMILES string of the molecule is Cc1cc(F)c(NC(=O)CS)cc1F. The average Bonchev–Trinajstić information content (AvgIpc) is 2.14. The second kappa shape index (κ2) is 4.41. The van der Waals surface area contributed by atoms with Gasteiger partial charge in [-0.05, 0) is 18.6 Å². The lowest BCUT2D eigenvalue weighted by Gasteiger charge is -2.06. The van der Waals surface area contributed by atoms with Crippen molar-refractivity contribution in [2.45, 2.75) is 6.92 Å². The van der Waals surface area contributed by atoms with Gasteiger partial charge in [-0.25, -0.2) is 8.78 Å². The van der Waals surface area contributed by atoms with Crippen molar-refractivity contribution in [3.05, 3.63) is 29.3 Å². The number of nitrogens with one attached hydrogen (secondary N) is 1. The number of thiol groups is 1. The number of benzene rings is 1. The molecule has 76 valence electrons. The molecule has 0 spiro atoms. The van der Waals surface area contributed by atoms with Gasteiger partial charge in [0.1, 0.15) is 11.6 Å². The van der Waals surface area contributed by atoms with Crippen molar-refractivity contribution >= 4 is 24.2 Å². The summed E-state index contributed by atoms with van der Waals surface area (Å²) in [4.78, 5) is 10.9. The smallest absolute Gasteiger partial charge is 0.234 e. The summed E-state index contributed by atoms with van der Waals surface area (Å²) >= 11 is 3.70. The number of hydrogen-bond donors (Lipinski definition) is 2. The van der Waals surface area contributed by atoms with Gasteiger partial charge in [0.05, 0.1) is 11.4 Å². The molecule has 0 saturated carbocycles. The van der Waals surface area contributed by atoms with Gasteiger partial charge >= 0.3 is 0 Å². The van der Waals surface area contributed by atoms with Crippen LogP contribution in [0.4, 0.5) is 14.5 Å². The molecule has 0 radical (unpaired) electrons. The first-order valence-corrected chi connectivity index (χ1v) is 4.54. The van der Waals surface area contributed by atoms with Crippen molar-refractivity contribution in [1.82, 2.24) is 0 Å². The molecule has 0 aliphatic heterocycles. The molecule has 1 aromatic carbocycles. The zero-order chi connectivity index (χ0) is 10.7. The van der Waals surface area contributed by atoms with E-state index in [4.69, 9.17) is 0 Å². The highest BCUT2D eigenvalue weighted by atomic mass is 32.1. The lowest BCUT2D eigenvalue weighted by molar-refractivity contribution is -0.113. The Bertz CT molecular complexity index is 368. The van der Waals surface area contributed by atoms with Crippen LogP contribution in [0.1, 0.15) is 5.56 Å². The highest BCUT2D eigenvalue weighted by Crippen LogP contribution is 2.18. The van der Waals surface area contributed by atoms with Gasteiger partial charge in [-0.3, -0.25) is 4.79 Å². The first-order chi connectivity index (χ1) is 6.54. The molecular formula is C9H9F2NOS. The van der Waals surface area contributed by atoms with Crippen molar-refractivity contribution in [2.75, 3.05) is 11.1 Å². The summed E-state index contributed by atoms with van der Waals surface area (Å²) in [7, 11) is 0. The number of hydrogen-bond acceptors (Lipinski definition) is 2. The summed E-state index contributed by atoms with van der Waals surface area (Å²) in [6.45, 7) is 1.45. The summed E-state index contributed by atoms with van der Waals surface area (Å²) in [6.07, 6.45) is 0. The van der Waals surface area contributed by atoms with Crippen molar-refractivity contribution < 1.29 is 13.6 Å². The van der Waals surface area contributed by atoms with Crippen LogP contribution in [0, 0.1) is 18.6 Å². The summed E-state index contributed by atoms with van der Waals surface area (Å²) in [5, 5.41) is 2.20. The molecule has 0 unspecified atom stereocenters. The summed E-state index contributed by atoms with van der Waals surface area (Å²) in [6, 6.07) is 1.98. The molecule has 0 aromatic heterocycles. The zero-order valence-corrected chi connectivity index (χ0v) is 8.37. The second-order valence-corrected chi connectivity index (χ2v) is 3.10. The Morgan fingerprint density at radius 3 is 2.64 bits per heavy atom. The lowest BCUT2D eigenvalue weighted by Crippen LogP contribution is -2.14. The van der Waals surface area contributed by atoms with E-state index in [-0.39, 0.29) is 17.0 Å². The van der Waals surface area contributed by atoms with Crippen LogP contribution in [-0.2, 0) is 4.79 Å². The Kier molecular flexibility index (Phi) is 3.46. The van der Waals surface area contributed by atoms with E-state index in [1.54, 1.807) is 0 Å². The molecule has 2 nitrogen and oxygen atoms in total. The normalized spacial score (nSPS) is 10.0. The minimum atomic E-state index is -0.654. The Morgan fingerprint density at radius 1 is 1.43 bits per heavy atom. The molecular weight excluding hydrogens is 208 g/mol. The first-order valence-electron chi connectivity index (χ1n) is 3.91. The van der Waals surface area contributed by atoms with E-state index in [0.29, 0.717) is 0 Å². The maximum atomic E-state index is 13.1. The van der Waals surface area contributed by atoms with Gasteiger partial charge in [-0.2, -0.15) is 12.6 Å². The Hall–Kier alpha value is -1.10. The minimum absolute atomic E-state index is 0.0745. The fourth-order valence-corrected chi connectivity index (χ4v) is 1.01. The molecule has 0 saturated heterocycles. The van der Waals surface area contributed by atoms with Crippen LogP contribution in [-0.4, -0.2) is 11.7 Å². The van der Waals surface area contributed by atoms with Crippen molar-refractivity contribution in [3.63, 3.8) is 0 Å².